The molecule has 0 aromatic heterocycles. The largest absolute Gasteiger partial charge is 0.496 e. The summed E-state index contributed by atoms with van der Waals surface area (Å²) in [5, 5.41) is 3.52. The zero-order chi connectivity index (χ0) is 13.5. The lowest BCUT2D eigenvalue weighted by molar-refractivity contribution is 0.181. The Morgan fingerprint density at radius 2 is 1.89 bits per heavy atom. The number of rotatable bonds is 7. The fourth-order valence-corrected chi connectivity index (χ4v) is 1.87. The predicted molar refractivity (Wildman–Crippen MR) is 75.0 cm³/mol. The summed E-state index contributed by atoms with van der Waals surface area (Å²) in [4.78, 5) is 0. The molecule has 1 aromatic carbocycles. The molecule has 0 amide bonds. The standard InChI is InChI=1S/C15H25NO2/c1-11(2)9-16-12(3)13-6-7-15(18-5)14(8-13)10-17-4/h6-8,11-12,16H,9-10H2,1-5H3. The van der Waals surface area contributed by atoms with Crippen LogP contribution in [0.3, 0.4) is 0 Å². The van der Waals surface area contributed by atoms with Gasteiger partial charge in [-0.1, -0.05) is 19.9 Å². The lowest BCUT2D eigenvalue weighted by atomic mass is 10.0. The summed E-state index contributed by atoms with van der Waals surface area (Å²) in [5.74, 6) is 1.54. The molecular weight excluding hydrogens is 226 g/mol. The van der Waals surface area contributed by atoms with E-state index in [4.69, 9.17) is 9.47 Å². The molecule has 0 saturated carbocycles. The molecule has 1 aromatic rings. The van der Waals surface area contributed by atoms with E-state index in [-0.39, 0.29) is 0 Å². The van der Waals surface area contributed by atoms with E-state index in [0.29, 0.717) is 18.6 Å². The van der Waals surface area contributed by atoms with Crippen LogP contribution in [0.4, 0.5) is 0 Å². The summed E-state index contributed by atoms with van der Waals surface area (Å²) in [6, 6.07) is 6.61. The molecular formula is C15H25NO2. The molecule has 0 aliphatic carbocycles. The van der Waals surface area contributed by atoms with Crippen LogP contribution in [0.15, 0.2) is 18.2 Å². The molecule has 0 aliphatic heterocycles. The van der Waals surface area contributed by atoms with Crippen molar-refractivity contribution in [3.05, 3.63) is 29.3 Å². The quantitative estimate of drug-likeness (QED) is 0.807. The molecule has 0 aliphatic rings. The molecule has 0 saturated heterocycles. The highest BCUT2D eigenvalue weighted by molar-refractivity contribution is 5.38. The zero-order valence-corrected chi connectivity index (χ0v) is 12.1. The second-order valence-electron chi connectivity index (χ2n) is 5.03. The van der Waals surface area contributed by atoms with E-state index in [2.05, 4.69) is 38.2 Å². The Morgan fingerprint density at radius 3 is 2.44 bits per heavy atom. The van der Waals surface area contributed by atoms with Gasteiger partial charge in [0.25, 0.3) is 0 Å². The minimum Gasteiger partial charge on any atom is -0.496 e. The Hall–Kier alpha value is -1.06. The molecule has 1 atom stereocenters. The van der Waals surface area contributed by atoms with Crippen molar-refractivity contribution in [1.29, 1.82) is 0 Å². The van der Waals surface area contributed by atoms with Crippen LogP contribution in [0.25, 0.3) is 0 Å². The van der Waals surface area contributed by atoms with E-state index in [9.17, 15) is 0 Å². The second kappa shape index (κ2) is 7.39. The number of methoxy groups -OCH3 is 2. The molecule has 1 rings (SSSR count). The molecule has 18 heavy (non-hydrogen) atoms. The summed E-state index contributed by atoms with van der Waals surface area (Å²) >= 11 is 0. The van der Waals surface area contributed by atoms with E-state index in [1.165, 1.54) is 5.56 Å². The van der Waals surface area contributed by atoms with Crippen LogP contribution in [-0.2, 0) is 11.3 Å². The van der Waals surface area contributed by atoms with Crippen LogP contribution < -0.4 is 10.1 Å². The van der Waals surface area contributed by atoms with Gasteiger partial charge in [0, 0.05) is 18.7 Å². The molecule has 0 spiro atoms. The molecule has 3 heteroatoms. The maximum Gasteiger partial charge on any atom is 0.124 e. The van der Waals surface area contributed by atoms with Gasteiger partial charge < -0.3 is 14.8 Å². The summed E-state index contributed by atoms with van der Waals surface area (Å²) in [5.41, 5.74) is 2.36. The highest BCUT2D eigenvalue weighted by Crippen LogP contribution is 2.24. The van der Waals surface area contributed by atoms with E-state index in [0.717, 1.165) is 17.9 Å². The first-order valence-electron chi connectivity index (χ1n) is 6.47. The summed E-state index contributed by atoms with van der Waals surface area (Å²) in [7, 11) is 3.39. The van der Waals surface area contributed by atoms with Crippen molar-refractivity contribution >= 4 is 0 Å². The molecule has 0 bridgehead atoms. The van der Waals surface area contributed by atoms with Crippen molar-refractivity contribution in [1.82, 2.24) is 5.32 Å². The monoisotopic (exact) mass is 251 g/mol. The number of hydrogen-bond donors (Lipinski definition) is 1. The van der Waals surface area contributed by atoms with E-state index in [1.54, 1.807) is 14.2 Å². The molecule has 1 unspecified atom stereocenters. The van der Waals surface area contributed by atoms with Crippen molar-refractivity contribution < 1.29 is 9.47 Å². The van der Waals surface area contributed by atoms with Gasteiger partial charge in [0.15, 0.2) is 0 Å². The maximum absolute atomic E-state index is 5.33. The van der Waals surface area contributed by atoms with Gasteiger partial charge >= 0.3 is 0 Å². The zero-order valence-electron chi connectivity index (χ0n) is 12.1. The Morgan fingerprint density at radius 1 is 1.17 bits per heavy atom. The lowest BCUT2D eigenvalue weighted by Gasteiger charge is -2.18. The Balaban J connectivity index is 2.79. The lowest BCUT2D eigenvalue weighted by Crippen LogP contribution is -2.23. The van der Waals surface area contributed by atoms with Gasteiger partial charge in [-0.3, -0.25) is 0 Å². The topological polar surface area (TPSA) is 30.5 Å². The van der Waals surface area contributed by atoms with E-state index in [1.807, 2.05) is 6.07 Å². The van der Waals surface area contributed by atoms with Gasteiger partial charge in [0.1, 0.15) is 5.75 Å². The number of ether oxygens (including phenoxy) is 2. The fraction of sp³-hybridized carbons (Fsp3) is 0.600. The molecule has 0 heterocycles. The van der Waals surface area contributed by atoms with Crippen LogP contribution in [0.5, 0.6) is 5.75 Å². The Bertz CT molecular complexity index is 364. The average molecular weight is 251 g/mol. The van der Waals surface area contributed by atoms with Crippen LogP contribution in [-0.4, -0.2) is 20.8 Å². The first kappa shape index (κ1) is 15.0. The van der Waals surface area contributed by atoms with Crippen molar-refractivity contribution in [3.8, 4) is 5.75 Å². The van der Waals surface area contributed by atoms with Crippen molar-refractivity contribution in [2.24, 2.45) is 5.92 Å². The number of benzene rings is 1. The Labute approximate surface area is 110 Å². The molecule has 1 N–H and O–H groups in total. The molecule has 0 fully saturated rings. The third-order valence-electron chi connectivity index (χ3n) is 2.94. The summed E-state index contributed by atoms with van der Waals surface area (Å²) < 4.78 is 10.5. The Kier molecular flexibility index (Phi) is 6.16. The minimum atomic E-state index is 0.342. The van der Waals surface area contributed by atoms with Crippen molar-refractivity contribution in [2.75, 3.05) is 20.8 Å². The van der Waals surface area contributed by atoms with Gasteiger partial charge in [-0.25, -0.2) is 0 Å². The highest BCUT2D eigenvalue weighted by Gasteiger charge is 2.09. The number of hydrogen-bond acceptors (Lipinski definition) is 3. The third-order valence-corrected chi connectivity index (χ3v) is 2.94. The third kappa shape index (κ3) is 4.31. The van der Waals surface area contributed by atoms with Crippen molar-refractivity contribution in [2.45, 2.75) is 33.4 Å². The summed E-state index contributed by atoms with van der Waals surface area (Å²) in [6.07, 6.45) is 0. The predicted octanol–water partition coefficient (Wildman–Crippen LogP) is 3.15. The minimum absolute atomic E-state index is 0.342. The first-order valence-corrected chi connectivity index (χ1v) is 6.47. The van der Waals surface area contributed by atoms with Gasteiger partial charge in [0.2, 0.25) is 0 Å². The summed E-state index contributed by atoms with van der Waals surface area (Å²) in [6.45, 7) is 8.20. The average Bonchev–Trinajstić information content (AvgIpc) is 2.36. The first-order chi connectivity index (χ1) is 8.58. The van der Waals surface area contributed by atoms with Crippen molar-refractivity contribution in [3.63, 3.8) is 0 Å². The van der Waals surface area contributed by atoms with Crippen LogP contribution >= 0.6 is 0 Å². The van der Waals surface area contributed by atoms with Gasteiger partial charge in [-0.05, 0) is 37.1 Å². The fourth-order valence-electron chi connectivity index (χ4n) is 1.87. The molecule has 0 radical (unpaired) electrons. The molecule has 3 nitrogen and oxygen atoms in total. The maximum atomic E-state index is 5.33. The highest BCUT2D eigenvalue weighted by atomic mass is 16.5. The normalized spacial score (nSPS) is 12.8. The van der Waals surface area contributed by atoms with Gasteiger partial charge in [-0.15, -0.1) is 0 Å². The van der Waals surface area contributed by atoms with Crippen LogP contribution in [0, 0.1) is 5.92 Å². The van der Waals surface area contributed by atoms with Gasteiger partial charge in [0.05, 0.1) is 13.7 Å². The SMILES string of the molecule is COCc1cc(C(C)NCC(C)C)ccc1OC. The smallest absolute Gasteiger partial charge is 0.124 e. The number of nitrogens with one attached hydrogen (secondary N) is 1. The molecule has 102 valence electrons. The van der Waals surface area contributed by atoms with Gasteiger partial charge in [-0.2, -0.15) is 0 Å². The van der Waals surface area contributed by atoms with Crippen LogP contribution in [0.2, 0.25) is 0 Å². The van der Waals surface area contributed by atoms with E-state index < -0.39 is 0 Å². The second-order valence-corrected chi connectivity index (χ2v) is 5.03. The van der Waals surface area contributed by atoms with Crippen LogP contribution in [0.1, 0.15) is 37.9 Å². The van der Waals surface area contributed by atoms with E-state index >= 15 is 0 Å².